The van der Waals surface area contributed by atoms with Crippen LogP contribution in [0.2, 0.25) is 0 Å². The summed E-state index contributed by atoms with van der Waals surface area (Å²) in [6, 6.07) is 16.4. The molecule has 3 heterocycles. The Balaban J connectivity index is 1.37. The quantitative estimate of drug-likeness (QED) is 0.418. The third-order valence-corrected chi connectivity index (χ3v) is 7.82. The molecule has 0 unspecified atom stereocenters. The van der Waals surface area contributed by atoms with Gasteiger partial charge in [-0.2, -0.15) is 4.31 Å². The number of aromatic nitrogens is 4. The topological polar surface area (TPSA) is 105 Å². The fraction of sp³-hybridized carbons (Fsp3) is 0.250. The Hall–Kier alpha value is -3.47. The molecule has 5 rings (SSSR count). The van der Waals surface area contributed by atoms with Crippen molar-refractivity contribution >= 4 is 10.0 Å². The zero-order valence-electron chi connectivity index (χ0n) is 18.9. The lowest BCUT2D eigenvalue weighted by molar-refractivity contribution is 0.302. The van der Waals surface area contributed by atoms with E-state index in [-0.39, 0.29) is 16.8 Å². The second-order valence-electron chi connectivity index (χ2n) is 8.36. The van der Waals surface area contributed by atoms with E-state index in [0.29, 0.717) is 30.4 Å². The second kappa shape index (κ2) is 9.05. The molecule has 0 N–H and O–H groups in total. The molecule has 1 saturated heterocycles. The molecule has 2 aromatic heterocycles. The number of benzene rings is 2. The van der Waals surface area contributed by atoms with Crippen molar-refractivity contribution < 1.29 is 12.8 Å². The van der Waals surface area contributed by atoms with Gasteiger partial charge >= 0.3 is 0 Å². The highest BCUT2D eigenvalue weighted by molar-refractivity contribution is 7.89. The molecule has 0 amide bonds. The van der Waals surface area contributed by atoms with Gasteiger partial charge in [0, 0.05) is 30.3 Å². The molecular formula is C24H24N6O3S. The summed E-state index contributed by atoms with van der Waals surface area (Å²) in [7, 11) is 0.406. The number of hydrogen-bond acceptors (Lipinski definition) is 8. The monoisotopic (exact) mass is 476 g/mol. The fourth-order valence-electron chi connectivity index (χ4n) is 3.93. The van der Waals surface area contributed by atoms with Crippen molar-refractivity contribution in [3.05, 3.63) is 67.0 Å². The first-order chi connectivity index (χ1) is 16.4. The van der Waals surface area contributed by atoms with Crippen LogP contribution in [-0.2, 0) is 10.0 Å². The molecule has 1 atom stereocenters. The summed E-state index contributed by atoms with van der Waals surface area (Å²) in [6.45, 7) is 1.02. The van der Waals surface area contributed by atoms with E-state index in [1.807, 2.05) is 44.4 Å². The van der Waals surface area contributed by atoms with E-state index in [2.05, 4.69) is 25.1 Å². The summed E-state index contributed by atoms with van der Waals surface area (Å²) < 4.78 is 33.4. The average Bonchev–Trinajstić information content (AvgIpc) is 3.56. The SMILES string of the molecule is CN(C)[C@@H]1CCN(S(=O)(=O)c2ccc(-c3cncc(-c4nnc(-c5ccccc5)o4)n3)cc2)C1. The van der Waals surface area contributed by atoms with Gasteiger partial charge < -0.3 is 9.32 Å². The lowest BCUT2D eigenvalue weighted by Crippen LogP contribution is -2.34. The second-order valence-corrected chi connectivity index (χ2v) is 10.3. The van der Waals surface area contributed by atoms with Gasteiger partial charge in [-0.15, -0.1) is 10.2 Å². The van der Waals surface area contributed by atoms with E-state index >= 15 is 0 Å². The van der Waals surface area contributed by atoms with Gasteiger partial charge in [0.25, 0.3) is 5.89 Å². The van der Waals surface area contributed by atoms with Crippen LogP contribution >= 0.6 is 0 Å². The summed E-state index contributed by atoms with van der Waals surface area (Å²) in [5.74, 6) is 0.660. The van der Waals surface area contributed by atoms with Crippen LogP contribution < -0.4 is 0 Å². The summed E-state index contributed by atoms with van der Waals surface area (Å²) >= 11 is 0. The third kappa shape index (κ3) is 4.35. The van der Waals surface area contributed by atoms with Gasteiger partial charge in [0.15, 0.2) is 0 Å². The Morgan fingerprint density at radius 3 is 2.32 bits per heavy atom. The minimum atomic E-state index is -3.54. The Kier molecular flexibility index (Phi) is 5.94. The first-order valence-electron chi connectivity index (χ1n) is 10.9. The minimum Gasteiger partial charge on any atom is -0.415 e. The number of likely N-dealkylation sites (N-methyl/N-ethyl adjacent to an activating group) is 1. The molecule has 0 aliphatic carbocycles. The summed E-state index contributed by atoms with van der Waals surface area (Å²) in [5.41, 5.74) is 2.58. The molecule has 0 saturated carbocycles. The lowest BCUT2D eigenvalue weighted by atomic mass is 10.1. The number of nitrogens with zero attached hydrogens (tertiary/aromatic N) is 6. The van der Waals surface area contributed by atoms with Crippen LogP contribution in [0.25, 0.3) is 34.3 Å². The first kappa shape index (κ1) is 22.3. The number of sulfonamides is 1. The van der Waals surface area contributed by atoms with Gasteiger partial charge in [0.05, 0.1) is 23.0 Å². The van der Waals surface area contributed by atoms with Crippen LogP contribution in [0.15, 0.2) is 76.3 Å². The Morgan fingerprint density at radius 2 is 1.62 bits per heavy atom. The summed E-state index contributed by atoms with van der Waals surface area (Å²) in [4.78, 5) is 11.2. The van der Waals surface area contributed by atoms with Crippen molar-refractivity contribution in [1.29, 1.82) is 0 Å². The number of hydrogen-bond donors (Lipinski definition) is 0. The lowest BCUT2D eigenvalue weighted by Gasteiger charge is -2.20. The molecular weight excluding hydrogens is 452 g/mol. The Morgan fingerprint density at radius 1 is 0.912 bits per heavy atom. The van der Waals surface area contributed by atoms with Gasteiger partial charge in [0.1, 0.15) is 5.69 Å². The average molecular weight is 477 g/mol. The predicted octanol–water partition coefficient (Wildman–Crippen LogP) is 3.19. The van der Waals surface area contributed by atoms with Crippen LogP contribution in [0.5, 0.6) is 0 Å². The predicted molar refractivity (Wildman–Crippen MR) is 127 cm³/mol. The first-order valence-corrected chi connectivity index (χ1v) is 12.3. The molecule has 4 aromatic rings. The molecule has 1 aliphatic heterocycles. The summed E-state index contributed by atoms with van der Waals surface area (Å²) in [5, 5.41) is 8.20. The van der Waals surface area contributed by atoms with Gasteiger partial charge in [-0.3, -0.25) is 4.98 Å². The molecule has 174 valence electrons. The maximum Gasteiger partial charge on any atom is 0.268 e. The van der Waals surface area contributed by atoms with Gasteiger partial charge in [-0.1, -0.05) is 30.3 Å². The molecule has 0 radical (unpaired) electrons. The highest BCUT2D eigenvalue weighted by Crippen LogP contribution is 2.27. The fourth-order valence-corrected chi connectivity index (χ4v) is 5.42. The van der Waals surface area contributed by atoms with E-state index in [0.717, 1.165) is 17.5 Å². The van der Waals surface area contributed by atoms with E-state index in [4.69, 9.17) is 4.42 Å². The normalized spacial score (nSPS) is 16.9. The van der Waals surface area contributed by atoms with Crippen LogP contribution in [0, 0.1) is 0 Å². The molecule has 1 aliphatic rings. The largest absolute Gasteiger partial charge is 0.415 e. The van der Waals surface area contributed by atoms with Crippen LogP contribution in [0.4, 0.5) is 0 Å². The molecule has 0 bridgehead atoms. The van der Waals surface area contributed by atoms with E-state index in [1.54, 1.807) is 41.0 Å². The highest BCUT2D eigenvalue weighted by atomic mass is 32.2. The van der Waals surface area contributed by atoms with Crippen molar-refractivity contribution in [2.24, 2.45) is 0 Å². The third-order valence-electron chi connectivity index (χ3n) is 5.94. The highest BCUT2D eigenvalue weighted by Gasteiger charge is 2.33. The molecule has 2 aromatic carbocycles. The van der Waals surface area contributed by atoms with Crippen molar-refractivity contribution in [1.82, 2.24) is 29.4 Å². The molecule has 0 spiro atoms. The smallest absolute Gasteiger partial charge is 0.268 e. The van der Waals surface area contributed by atoms with E-state index < -0.39 is 10.0 Å². The molecule has 34 heavy (non-hydrogen) atoms. The maximum atomic E-state index is 13.1. The maximum absolute atomic E-state index is 13.1. The van der Waals surface area contributed by atoms with E-state index in [1.165, 1.54) is 0 Å². The molecule has 1 fully saturated rings. The number of rotatable bonds is 6. The molecule has 9 nitrogen and oxygen atoms in total. The van der Waals surface area contributed by atoms with Crippen LogP contribution in [0.1, 0.15) is 6.42 Å². The zero-order chi connectivity index (χ0) is 23.7. The Labute approximate surface area is 198 Å². The summed E-state index contributed by atoms with van der Waals surface area (Å²) in [6.07, 6.45) is 4.00. The minimum absolute atomic E-state index is 0.235. The Bertz CT molecular complexity index is 1390. The van der Waals surface area contributed by atoms with Gasteiger partial charge in [-0.05, 0) is 44.8 Å². The van der Waals surface area contributed by atoms with Crippen molar-refractivity contribution in [3.8, 4) is 34.3 Å². The van der Waals surface area contributed by atoms with Crippen LogP contribution in [0.3, 0.4) is 0 Å². The van der Waals surface area contributed by atoms with Crippen molar-refractivity contribution in [2.75, 3.05) is 27.2 Å². The van der Waals surface area contributed by atoms with Gasteiger partial charge in [0.2, 0.25) is 15.9 Å². The standard InChI is InChI=1S/C24H24N6O3S/c1-29(2)19-12-13-30(16-19)34(31,32)20-10-8-17(9-11-20)21-14-25-15-22(26-21)24-28-27-23(33-24)18-6-4-3-5-7-18/h3-11,14-15,19H,12-13,16H2,1-2H3/t19-/m1/s1. The van der Waals surface area contributed by atoms with Crippen molar-refractivity contribution in [3.63, 3.8) is 0 Å². The van der Waals surface area contributed by atoms with Crippen molar-refractivity contribution in [2.45, 2.75) is 17.4 Å². The molecule has 10 heteroatoms. The zero-order valence-corrected chi connectivity index (χ0v) is 19.7. The van der Waals surface area contributed by atoms with Gasteiger partial charge in [-0.25, -0.2) is 13.4 Å². The van der Waals surface area contributed by atoms with Crippen LogP contribution in [-0.4, -0.2) is 71.0 Å². The van der Waals surface area contributed by atoms with E-state index in [9.17, 15) is 8.42 Å².